The van der Waals surface area contributed by atoms with Crippen molar-refractivity contribution in [3.8, 4) is 17.6 Å². The number of hydrogen-bond acceptors (Lipinski definition) is 6. The van der Waals surface area contributed by atoms with Crippen LogP contribution in [0.2, 0.25) is 0 Å². The molecule has 0 heterocycles. The van der Waals surface area contributed by atoms with E-state index in [1.807, 2.05) is 0 Å². The number of nitro groups is 1. The Bertz CT molecular complexity index is 970. The van der Waals surface area contributed by atoms with Crippen molar-refractivity contribution >= 4 is 19.0 Å². The Morgan fingerprint density at radius 3 is 2.41 bits per heavy atom. The van der Waals surface area contributed by atoms with E-state index in [9.17, 15) is 27.9 Å². The number of ether oxygens (including phenoxy) is 1. The van der Waals surface area contributed by atoms with E-state index in [2.05, 4.69) is 4.52 Å². The predicted molar refractivity (Wildman–Crippen MR) is 88.3 cm³/mol. The zero-order valence-corrected chi connectivity index (χ0v) is 14.8. The fourth-order valence-corrected chi connectivity index (χ4v) is 2.92. The Balaban J connectivity index is 2.53. The fraction of sp³-hybridized carbons (Fsp3) is 0.188. The SMILES string of the molecule is CO[P+](=O)c1cc(Oc2ccc(C(F)(F)F)cc2C#N)c(C)cc1[N+](=O)[O-]. The molecule has 11 heteroatoms. The summed E-state index contributed by atoms with van der Waals surface area (Å²) in [6, 6.07) is 6.17. The maximum absolute atomic E-state index is 12.8. The van der Waals surface area contributed by atoms with Crippen molar-refractivity contribution < 1.29 is 31.9 Å². The Morgan fingerprint density at radius 2 is 1.89 bits per heavy atom. The van der Waals surface area contributed by atoms with Gasteiger partial charge in [-0.15, -0.1) is 4.52 Å². The molecule has 27 heavy (non-hydrogen) atoms. The maximum Gasteiger partial charge on any atom is 0.556 e. The molecule has 0 aliphatic carbocycles. The summed E-state index contributed by atoms with van der Waals surface area (Å²) in [6.07, 6.45) is -4.63. The van der Waals surface area contributed by atoms with Crippen molar-refractivity contribution in [3.63, 3.8) is 0 Å². The first-order valence-corrected chi connectivity index (χ1v) is 8.35. The molecule has 1 unspecified atom stereocenters. The number of nitro benzene ring substituents is 1. The van der Waals surface area contributed by atoms with Gasteiger partial charge >= 0.3 is 25.2 Å². The number of hydrogen-bond donors (Lipinski definition) is 0. The molecule has 0 aromatic heterocycles. The molecule has 0 aliphatic heterocycles. The molecule has 0 amide bonds. The van der Waals surface area contributed by atoms with Gasteiger partial charge in [-0.1, -0.05) is 0 Å². The molecule has 1 atom stereocenters. The van der Waals surface area contributed by atoms with Gasteiger partial charge in [0.05, 0.1) is 23.2 Å². The second kappa shape index (κ2) is 7.70. The van der Waals surface area contributed by atoms with Gasteiger partial charge in [0.1, 0.15) is 17.6 Å². The highest BCUT2D eigenvalue weighted by atomic mass is 31.1. The smallest absolute Gasteiger partial charge is 0.456 e. The summed E-state index contributed by atoms with van der Waals surface area (Å²) in [7, 11) is -1.44. The molecular weight excluding hydrogens is 388 g/mol. The minimum Gasteiger partial charge on any atom is -0.456 e. The molecule has 2 rings (SSSR count). The first kappa shape index (κ1) is 20.3. The lowest BCUT2D eigenvalue weighted by molar-refractivity contribution is -0.383. The van der Waals surface area contributed by atoms with Gasteiger partial charge in [0, 0.05) is 12.1 Å². The molecule has 0 aliphatic rings. The first-order chi connectivity index (χ1) is 12.6. The lowest BCUT2D eigenvalue weighted by Gasteiger charge is -2.12. The van der Waals surface area contributed by atoms with Crippen LogP contribution in [0.3, 0.4) is 0 Å². The van der Waals surface area contributed by atoms with Crippen molar-refractivity contribution in [2.45, 2.75) is 13.1 Å². The number of rotatable bonds is 5. The molecule has 7 nitrogen and oxygen atoms in total. The van der Waals surface area contributed by atoms with Crippen molar-refractivity contribution in [1.29, 1.82) is 5.26 Å². The Labute approximate surface area is 152 Å². The second-order valence-electron chi connectivity index (χ2n) is 5.23. The number of aryl methyl sites for hydroxylation is 1. The lowest BCUT2D eigenvalue weighted by Crippen LogP contribution is -2.08. The summed E-state index contributed by atoms with van der Waals surface area (Å²) < 4.78 is 60.3. The first-order valence-electron chi connectivity index (χ1n) is 7.18. The summed E-state index contributed by atoms with van der Waals surface area (Å²) in [4.78, 5) is 10.4. The topological polar surface area (TPSA) is 102 Å². The zero-order valence-electron chi connectivity index (χ0n) is 13.9. The zero-order chi connectivity index (χ0) is 20.4. The van der Waals surface area contributed by atoms with Crippen LogP contribution in [0.15, 0.2) is 30.3 Å². The number of nitrogens with zero attached hydrogens (tertiary/aromatic N) is 2. The molecule has 0 saturated heterocycles. The van der Waals surface area contributed by atoms with Crippen LogP contribution in [0.5, 0.6) is 11.5 Å². The third-order valence-electron chi connectivity index (χ3n) is 3.48. The average molecular weight is 399 g/mol. The van der Waals surface area contributed by atoms with Crippen molar-refractivity contribution in [3.05, 3.63) is 57.1 Å². The van der Waals surface area contributed by atoms with Crippen molar-refractivity contribution in [1.82, 2.24) is 0 Å². The monoisotopic (exact) mass is 399 g/mol. The largest absolute Gasteiger partial charge is 0.556 e. The van der Waals surface area contributed by atoms with Gasteiger partial charge in [0.15, 0.2) is 0 Å². The van der Waals surface area contributed by atoms with E-state index in [-0.39, 0.29) is 27.9 Å². The van der Waals surface area contributed by atoms with Gasteiger partial charge in [0.2, 0.25) is 0 Å². The van der Waals surface area contributed by atoms with E-state index in [4.69, 9.17) is 10.00 Å². The fourth-order valence-electron chi connectivity index (χ4n) is 2.16. The maximum atomic E-state index is 12.8. The summed E-state index contributed by atoms with van der Waals surface area (Å²) in [5.41, 5.74) is -1.58. The molecule has 0 N–H and O–H groups in total. The third kappa shape index (κ3) is 4.39. The van der Waals surface area contributed by atoms with Gasteiger partial charge < -0.3 is 4.74 Å². The number of benzene rings is 2. The van der Waals surface area contributed by atoms with Gasteiger partial charge in [0.25, 0.3) is 0 Å². The molecule has 0 spiro atoms. The Morgan fingerprint density at radius 1 is 1.22 bits per heavy atom. The van der Waals surface area contributed by atoms with Crippen LogP contribution < -0.4 is 10.0 Å². The van der Waals surface area contributed by atoms with Gasteiger partial charge in [-0.05, 0) is 35.3 Å². The number of halogens is 3. The quantitative estimate of drug-likeness (QED) is 0.414. The van der Waals surface area contributed by atoms with E-state index in [0.717, 1.165) is 31.4 Å². The molecule has 2 aromatic rings. The van der Waals surface area contributed by atoms with Crippen molar-refractivity contribution in [2.24, 2.45) is 0 Å². The Hall–Kier alpha value is -3.02. The molecule has 0 fully saturated rings. The standard InChI is InChI=1S/C16H11F3N2O5P/c1-9-5-12(21(22)23)15(27(24)25-2)7-14(9)26-13-4-3-11(16(17,18)19)6-10(13)8-20/h3-7H,1-2H3/q+1. The highest BCUT2D eigenvalue weighted by molar-refractivity contribution is 7.48. The highest BCUT2D eigenvalue weighted by Gasteiger charge is 2.34. The Kier molecular flexibility index (Phi) is 5.78. The minimum atomic E-state index is -4.63. The normalized spacial score (nSPS) is 11.6. The van der Waals surface area contributed by atoms with Crippen LogP contribution in [0.25, 0.3) is 0 Å². The molecule has 0 bridgehead atoms. The summed E-state index contributed by atoms with van der Waals surface area (Å²) in [6.45, 7) is 1.46. The van der Waals surface area contributed by atoms with E-state index in [0.29, 0.717) is 6.07 Å². The second-order valence-corrected chi connectivity index (χ2v) is 6.59. The molecule has 0 radical (unpaired) electrons. The van der Waals surface area contributed by atoms with E-state index < -0.39 is 30.4 Å². The van der Waals surface area contributed by atoms with Crippen LogP contribution in [0, 0.1) is 28.4 Å². The van der Waals surface area contributed by atoms with Crippen LogP contribution in [0.4, 0.5) is 18.9 Å². The van der Waals surface area contributed by atoms with E-state index in [1.54, 1.807) is 6.07 Å². The third-order valence-corrected chi connectivity index (χ3v) is 4.56. The summed E-state index contributed by atoms with van der Waals surface area (Å²) in [5, 5.41) is 20.0. The van der Waals surface area contributed by atoms with Crippen LogP contribution in [0.1, 0.15) is 16.7 Å². The molecule has 0 saturated carbocycles. The molecule has 140 valence electrons. The van der Waals surface area contributed by atoms with Crippen molar-refractivity contribution in [2.75, 3.05) is 7.11 Å². The molecular formula is C16H11F3N2O5P+. The number of nitriles is 1. The van der Waals surface area contributed by atoms with Crippen LogP contribution >= 0.6 is 8.03 Å². The van der Waals surface area contributed by atoms with Gasteiger partial charge in [-0.25, -0.2) is 0 Å². The van der Waals surface area contributed by atoms with Crippen LogP contribution in [-0.4, -0.2) is 12.0 Å². The predicted octanol–water partition coefficient (Wildman–Crippen LogP) is 4.60. The highest BCUT2D eigenvalue weighted by Crippen LogP contribution is 2.36. The lowest BCUT2D eigenvalue weighted by atomic mass is 10.1. The van der Waals surface area contributed by atoms with Gasteiger partial charge in [-0.3, -0.25) is 10.1 Å². The minimum absolute atomic E-state index is 0.00717. The van der Waals surface area contributed by atoms with E-state index in [1.165, 1.54) is 6.92 Å². The van der Waals surface area contributed by atoms with Crippen LogP contribution in [-0.2, 0) is 15.3 Å². The number of alkyl halides is 3. The van der Waals surface area contributed by atoms with E-state index >= 15 is 0 Å². The summed E-state index contributed by atoms with van der Waals surface area (Å²) >= 11 is 0. The molecule has 2 aromatic carbocycles. The average Bonchev–Trinajstić information content (AvgIpc) is 2.61. The van der Waals surface area contributed by atoms with Gasteiger partial charge in [-0.2, -0.15) is 18.4 Å². The summed E-state index contributed by atoms with van der Waals surface area (Å²) in [5.74, 6) is -0.187.